The molecule has 1 amide bonds. The zero-order valence-corrected chi connectivity index (χ0v) is 18.4. The van der Waals surface area contributed by atoms with Gasteiger partial charge < -0.3 is 10.1 Å². The summed E-state index contributed by atoms with van der Waals surface area (Å²) in [7, 11) is 0. The first-order chi connectivity index (χ1) is 15.4. The number of ketones is 1. The van der Waals surface area contributed by atoms with Crippen LogP contribution in [0.2, 0.25) is 0 Å². The Kier molecular flexibility index (Phi) is 5.36. The van der Waals surface area contributed by atoms with E-state index >= 15 is 0 Å². The maximum atomic E-state index is 12.9. The second-order valence-corrected chi connectivity index (χ2v) is 10.1. The Balaban J connectivity index is 1.23. The molecule has 4 aliphatic rings. The largest absolute Gasteiger partial charge is 0.452 e. The number of ether oxygens (including phenoxy) is 1. The minimum absolute atomic E-state index is 0.114. The second kappa shape index (κ2) is 8.19. The summed E-state index contributed by atoms with van der Waals surface area (Å²) in [5.41, 5.74) is 1.91. The first-order valence-corrected chi connectivity index (χ1v) is 11.6. The summed E-state index contributed by atoms with van der Waals surface area (Å²) < 4.78 is 5.35. The van der Waals surface area contributed by atoms with Gasteiger partial charge >= 0.3 is 5.97 Å². The molecule has 0 radical (unpaired) electrons. The molecule has 0 spiro atoms. The van der Waals surface area contributed by atoms with Crippen LogP contribution in [0.25, 0.3) is 0 Å². The molecule has 0 aliphatic heterocycles. The summed E-state index contributed by atoms with van der Waals surface area (Å²) >= 11 is 0. The molecule has 0 unspecified atom stereocenters. The monoisotopic (exact) mass is 431 g/mol. The SMILES string of the molecule is Cc1ccc(C(=O)c2ccccc2C(=O)OCC(=O)NC23CC4CC(CC(C4)C2)C3)cc1. The van der Waals surface area contributed by atoms with Crippen LogP contribution >= 0.6 is 0 Å². The third-order valence-electron chi connectivity index (χ3n) is 7.48. The molecular formula is C27H29NO4. The normalized spacial score (nSPS) is 27.7. The zero-order chi connectivity index (χ0) is 22.3. The molecule has 5 heteroatoms. The van der Waals surface area contributed by atoms with Crippen LogP contribution < -0.4 is 5.32 Å². The summed E-state index contributed by atoms with van der Waals surface area (Å²) in [4.78, 5) is 38.4. The van der Waals surface area contributed by atoms with Crippen LogP contribution in [0.3, 0.4) is 0 Å². The number of amides is 1. The van der Waals surface area contributed by atoms with Gasteiger partial charge in [-0.15, -0.1) is 0 Å². The number of hydrogen-bond donors (Lipinski definition) is 1. The topological polar surface area (TPSA) is 72.5 Å². The highest BCUT2D eigenvalue weighted by atomic mass is 16.5. The fraction of sp³-hybridized carbons (Fsp3) is 0.444. The molecule has 0 atom stereocenters. The third kappa shape index (κ3) is 4.08. The molecule has 0 heterocycles. The zero-order valence-electron chi connectivity index (χ0n) is 18.4. The van der Waals surface area contributed by atoms with Crippen molar-refractivity contribution >= 4 is 17.7 Å². The van der Waals surface area contributed by atoms with Crippen molar-refractivity contribution in [2.45, 2.75) is 51.0 Å². The molecule has 2 aromatic carbocycles. The van der Waals surface area contributed by atoms with E-state index in [9.17, 15) is 14.4 Å². The molecule has 32 heavy (non-hydrogen) atoms. The van der Waals surface area contributed by atoms with Crippen LogP contribution in [0.4, 0.5) is 0 Å². The van der Waals surface area contributed by atoms with E-state index in [2.05, 4.69) is 5.32 Å². The number of benzene rings is 2. The quantitative estimate of drug-likeness (QED) is 0.541. The van der Waals surface area contributed by atoms with E-state index in [1.54, 1.807) is 36.4 Å². The highest BCUT2D eigenvalue weighted by Crippen LogP contribution is 2.55. The Hall–Kier alpha value is -2.95. The number of nitrogens with one attached hydrogen (secondary N) is 1. The van der Waals surface area contributed by atoms with Crippen LogP contribution in [-0.2, 0) is 9.53 Å². The maximum absolute atomic E-state index is 12.9. The van der Waals surface area contributed by atoms with Gasteiger partial charge in [-0.25, -0.2) is 4.79 Å². The number of carbonyl (C=O) groups is 3. The molecule has 2 aromatic rings. The van der Waals surface area contributed by atoms with Gasteiger partial charge in [-0.05, 0) is 69.3 Å². The first kappa shape index (κ1) is 20.9. The van der Waals surface area contributed by atoms with Gasteiger partial charge in [-0.3, -0.25) is 9.59 Å². The van der Waals surface area contributed by atoms with Crippen molar-refractivity contribution in [3.8, 4) is 0 Å². The number of carbonyl (C=O) groups excluding carboxylic acids is 3. The molecule has 1 N–H and O–H groups in total. The van der Waals surface area contributed by atoms with Crippen LogP contribution in [0.5, 0.6) is 0 Å². The molecule has 4 bridgehead atoms. The molecular weight excluding hydrogens is 402 g/mol. The summed E-state index contributed by atoms with van der Waals surface area (Å²) in [6.07, 6.45) is 7.05. The van der Waals surface area contributed by atoms with Crippen molar-refractivity contribution in [2.75, 3.05) is 6.61 Å². The van der Waals surface area contributed by atoms with Gasteiger partial charge in [-0.2, -0.15) is 0 Å². The number of esters is 1. The maximum Gasteiger partial charge on any atom is 0.339 e. The summed E-state index contributed by atoms with van der Waals surface area (Å²) in [5.74, 6) is 1.04. The van der Waals surface area contributed by atoms with E-state index in [1.165, 1.54) is 19.3 Å². The molecule has 5 nitrogen and oxygen atoms in total. The van der Waals surface area contributed by atoms with Gasteiger partial charge in [0.25, 0.3) is 5.91 Å². The van der Waals surface area contributed by atoms with Gasteiger partial charge in [0, 0.05) is 16.7 Å². The number of rotatable bonds is 6. The molecule has 0 aromatic heterocycles. The summed E-state index contributed by atoms with van der Waals surface area (Å²) in [6.45, 7) is 1.63. The molecule has 4 fully saturated rings. The predicted octanol–water partition coefficient (Wildman–Crippen LogP) is 4.47. The highest BCUT2D eigenvalue weighted by molar-refractivity contribution is 6.14. The Morgan fingerprint density at radius 1 is 0.875 bits per heavy atom. The molecule has 166 valence electrons. The lowest BCUT2D eigenvalue weighted by atomic mass is 9.53. The van der Waals surface area contributed by atoms with Crippen molar-refractivity contribution in [3.63, 3.8) is 0 Å². The lowest BCUT2D eigenvalue weighted by Gasteiger charge is -2.56. The summed E-state index contributed by atoms with van der Waals surface area (Å²) in [6, 6.07) is 13.8. The fourth-order valence-electron chi connectivity index (χ4n) is 6.52. The van der Waals surface area contributed by atoms with Crippen LogP contribution in [0.1, 0.15) is 70.4 Å². The van der Waals surface area contributed by atoms with Crippen molar-refractivity contribution in [2.24, 2.45) is 17.8 Å². The van der Waals surface area contributed by atoms with Gasteiger partial charge in [0.15, 0.2) is 12.4 Å². The van der Waals surface area contributed by atoms with Crippen molar-refractivity contribution in [3.05, 3.63) is 70.8 Å². The molecule has 0 saturated heterocycles. The van der Waals surface area contributed by atoms with Crippen molar-refractivity contribution in [1.82, 2.24) is 5.32 Å². The Morgan fingerprint density at radius 2 is 1.44 bits per heavy atom. The van der Waals surface area contributed by atoms with E-state index in [0.29, 0.717) is 5.56 Å². The van der Waals surface area contributed by atoms with Gasteiger partial charge in [0.1, 0.15) is 0 Å². The smallest absolute Gasteiger partial charge is 0.339 e. The second-order valence-electron chi connectivity index (χ2n) is 10.1. The van der Waals surface area contributed by atoms with Gasteiger partial charge in [-0.1, -0.05) is 48.0 Å². The standard InChI is InChI=1S/C27H29NO4/c1-17-6-8-21(9-7-17)25(30)22-4-2-3-5-23(22)26(31)32-16-24(29)28-27-13-18-10-19(14-27)12-20(11-18)15-27/h2-9,18-20H,10-16H2,1H3,(H,28,29). The van der Waals surface area contributed by atoms with Crippen LogP contribution in [-0.4, -0.2) is 29.8 Å². The van der Waals surface area contributed by atoms with E-state index in [1.807, 2.05) is 19.1 Å². The minimum Gasteiger partial charge on any atom is -0.452 e. The highest BCUT2D eigenvalue weighted by Gasteiger charge is 2.51. The van der Waals surface area contributed by atoms with Gasteiger partial charge in [0.2, 0.25) is 0 Å². The van der Waals surface area contributed by atoms with Crippen molar-refractivity contribution < 1.29 is 19.1 Å². The molecule has 4 saturated carbocycles. The lowest BCUT2D eigenvalue weighted by Crippen LogP contribution is -2.60. The molecule has 4 aliphatic carbocycles. The Bertz CT molecular complexity index is 1020. The Morgan fingerprint density at radius 3 is 2.03 bits per heavy atom. The average Bonchev–Trinajstić information content (AvgIpc) is 2.76. The fourth-order valence-corrected chi connectivity index (χ4v) is 6.52. The van der Waals surface area contributed by atoms with E-state index in [4.69, 9.17) is 4.74 Å². The number of hydrogen-bond acceptors (Lipinski definition) is 4. The van der Waals surface area contributed by atoms with Crippen LogP contribution in [0.15, 0.2) is 48.5 Å². The third-order valence-corrected chi connectivity index (χ3v) is 7.48. The van der Waals surface area contributed by atoms with E-state index in [0.717, 1.165) is 42.6 Å². The first-order valence-electron chi connectivity index (χ1n) is 11.6. The Labute approximate surface area is 188 Å². The van der Waals surface area contributed by atoms with Gasteiger partial charge in [0.05, 0.1) is 5.56 Å². The lowest BCUT2D eigenvalue weighted by molar-refractivity contribution is -0.130. The summed E-state index contributed by atoms with van der Waals surface area (Å²) in [5, 5.41) is 3.22. The van der Waals surface area contributed by atoms with E-state index in [-0.39, 0.29) is 35.0 Å². The minimum atomic E-state index is -0.651. The molecule has 6 rings (SSSR count). The predicted molar refractivity (Wildman–Crippen MR) is 120 cm³/mol. The average molecular weight is 432 g/mol. The van der Waals surface area contributed by atoms with Crippen LogP contribution in [0, 0.1) is 24.7 Å². The number of aryl methyl sites for hydroxylation is 1. The van der Waals surface area contributed by atoms with E-state index < -0.39 is 5.97 Å². The van der Waals surface area contributed by atoms with Crippen molar-refractivity contribution in [1.29, 1.82) is 0 Å².